The van der Waals surface area contributed by atoms with Crippen LogP contribution in [0.4, 0.5) is 5.69 Å². The number of nitrogens with zero attached hydrogens (tertiary/aromatic N) is 2. The van der Waals surface area contributed by atoms with E-state index in [1.54, 1.807) is 0 Å². The van der Waals surface area contributed by atoms with Gasteiger partial charge in [-0.2, -0.15) is 5.26 Å². The van der Waals surface area contributed by atoms with Crippen LogP contribution in [0.5, 0.6) is 0 Å². The predicted octanol–water partition coefficient (Wildman–Crippen LogP) is 6.75. The van der Waals surface area contributed by atoms with Gasteiger partial charge in [-0.25, -0.2) is 0 Å². The van der Waals surface area contributed by atoms with Crippen molar-refractivity contribution < 1.29 is 0 Å². The van der Waals surface area contributed by atoms with E-state index in [0.29, 0.717) is 0 Å². The van der Waals surface area contributed by atoms with Gasteiger partial charge in [-0.15, -0.1) is 6.58 Å². The summed E-state index contributed by atoms with van der Waals surface area (Å²) >= 11 is 0. The van der Waals surface area contributed by atoms with E-state index >= 15 is 0 Å². The van der Waals surface area contributed by atoms with Crippen molar-refractivity contribution in [3.05, 3.63) is 89.5 Å². The number of hydrogen-bond donors (Lipinski definition) is 1. The van der Waals surface area contributed by atoms with Crippen LogP contribution in [-0.2, 0) is 17.3 Å². The van der Waals surface area contributed by atoms with Crippen molar-refractivity contribution in [3.8, 4) is 6.07 Å². The topological polar surface area (TPSA) is 39.1 Å². The molecule has 2 aliphatic rings. The molecule has 3 heteroatoms. The molecule has 2 aromatic carbocycles. The van der Waals surface area contributed by atoms with Crippen LogP contribution in [0.2, 0.25) is 0 Å². The molecule has 3 nitrogen and oxygen atoms in total. The van der Waals surface area contributed by atoms with Gasteiger partial charge in [0.05, 0.1) is 11.6 Å². The number of aryl methyl sites for hydroxylation is 1. The van der Waals surface area contributed by atoms with Crippen molar-refractivity contribution in [2.45, 2.75) is 62.7 Å². The Bertz CT molecular complexity index is 1060. The summed E-state index contributed by atoms with van der Waals surface area (Å²) in [4.78, 5) is 2.59. The lowest BCUT2D eigenvalue weighted by Gasteiger charge is -2.43. The van der Waals surface area contributed by atoms with Crippen LogP contribution in [-0.4, -0.2) is 31.6 Å². The zero-order valence-corrected chi connectivity index (χ0v) is 21.0. The first kappa shape index (κ1) is 24.3. The van der Waals surface area contributed by atoms with Crippen LogP contribution in [0.15, 0.2) is 67.3 Å². The summed E-state index contributed by atoms with van der Waals surface area (Å²) in [5, 5.41) is 12.7. The summed E-state index contributed by atoms with van der Waals surface area (Å²) in [5.41, 5.74) is 7.40. The van der Waals surface area contributed by atoms with Gasteiger partial charge in [0.15, 0.2) is 0 Å². The van der Waals surface area contributed by atoms with Gasteiger partial charge in [0.1, 0.15) is 0 Å². The monoisotopic (exact) mass is 453 g/mol. The highest BCUT2D eigenvalue weighted by molar-refractivity contribution is 5.59. The molecule has 1 saturated carbocycles. The third kappa shape index (κ3) is 4.57. The first-order valence-electron chi connectivity index (χ1n) is 12.8. The van der Waals surface area contributed by atoms with Crippen LogP contribution < -0.4 is 5.32 Å². The average molecular weight is 454 g/mol. The number of benzene rings is 2. The maximum absolute atomic E-state index is 9.40. The third-order valence-corrected chi connectivity index (χ3v) is 8.56. The number of allylic oxidation sites excluding steroid dienone is 2. The van der Waals surface area contributed by atoms with Crippen molar-refractivity contribution in [2.75, 3.05) is 32.0 Å². The van der Waals surface area contributed by atoms with Crippen LogP contribution in [0.25, 0.3) is 0 Å². The van der Waals surface area contributed by atoms with Crippen LogP contribution >= 0.6 is 0 Å². The fourth-order valence-electron chi connectivity index (χ4n) is 5.99. The van der Waals surface area contributed by atoms with E-state index in [1.165, 1.54) is 47.9 Å². The third-order valence-electron chi connectivity index (χ3n) is 8.56. The molecular formula is C31H39N3. The Morgan fingerprint density at radius 3 is 2.35 bits per heavy atom. The minimum absolute atomic E-state index is 0.0711. The highest BCUT2D eigenvalue weighted by atomic mass is 15.1. The van der Waals surface area contributed by atoms with Gasteiger partial charge in [-0.3, -0.25) is 0 Å². The lowest BCUT2D eigenvalue weighted by molar-refractivity contribution is 0.182. The summed E-state index contributed by atoms with van der Waals surface area (Å²) in [6.07, 6.45) is 10.3. The van der Waals surface area contributed by atoms with Crippen molar-refractivity contribution >= 4 is 5.69 Å². The number of anilines is 1. The molecule has 1 saturated heterocycles. The Balaban J connectivity index is 1.32. The molecule has 4 rings (SSSR count). The summed E-state index contributed by atoms with van der Waals surface area (Å²) < 4.78 is 0. The van der Waals surface area contributed by atoms with Gasteiger partial charge >= 0.3 is 0 Å². The number of piperidine rings is 1. The predicted molar refractivity (Wildman–Crippen MR) is 143 cm³/mol. The normalized spacial score (nSPS) is 19.0. The molecule has 0 aromatic heterocycles. The van der Waals surface area contributed by atoms with Gasteiger partial charge in [-0.05, 0) is 100.0 Å². The van der Waals surface area contributed by atoms with Crippen molar-refractivity contribution in [1.29, 1.82) is 5.26 Å². The second-order valence-electron chi connectivity index (χ2n) is 10.3. The van der Waals surface area contributed by atoms with Crippen molar-refractivity contribution in [3.63, 3.8) is 0 Å². The van der Waals surface area contributed by atoms with E-state index in [4.69, 9.17) is 0 Å². The summed E-state index contributed by atoms with van der Waals surface area (Å²) in [7, 11) is 1.95. The Hall–Kier alpha value is -2.83. The first-order chi connectivity index (χ1) is 16.5. The first-order valence-corrected chi connectivity index (χ1v) is 12.8. The Labute approximate surface area is 206 Å². The smallest absolute Gasteiger partial charge is 0.0991 e. The summed E-state index contributed by atoms with van der Waals surface area (Å²) in [6.45, 7) is 13.9. The standard InChI is InChI=1S/C31H39N3/c1-5-30(28-22-26(23-32)11-14-29(28)33-4)17-20-34(21-18-30)19-6-8-25-9-12-27(13-10-25)31(24(2)3)15-7-16-31/h5,9-14,22,33H,1-2,6-8,15-21H2,3-4H3. The Morgan fingerprint density at radius 1 is 1.12 bits per heavy atom. The van der Waals surface area contributed by atoms with E-state index in [0.717, 1.165) is 50.1 Å². The van der Waals surface area contributed by atoms with E-state index in [1.807, 2.05) is 19.2 Å². The number of nitrogens with one attached hydrogen (secondary N) is 1. The molecule has 34 heavy (non-hydrogen) atoms. The summed E-state index contributed by atoms with van der Waals surface area (Å²) in [6, 6.07) is 17.6. The average Bonchev–Trinajstić information content (AvgIpc) is 2.84. The second kappa shape index (κ2) is 10.2. The molecule has 0 bridgehead atoms. The highest BCUT2D eigenvalue weighted by Gasteiger charge is 2.39. The molecule has 178 valence electrons. The fraction of sp³-hybridized carbons (Fsp3) is 0.452. The van der Waals surface area contributed by atoms with Crippen LogP contribution in [0, 0.1) is 11.3 Å². The van der Waals surface area contributed by atoms with Gasteiger partial charge in [0, 0.05) is 23.6 Å². The van der Waals surface area contributed by atoms with Crippen LogP contribution in [0.3, 0.4) is 0 Å². The van der Waals surface area contributed by atoms with E-state index < -0.39 is 0 Å². The molecule has 1 N–H and O–H groups in total. The quantitative estimate of drug-likeness (QED) is 0.427. The number of rotatable bonds is 9. The maximum Gasteiger partial charge on any atom is 0.0991 e. The van der Waals surface area contributed by atoms with E-state index in [9.17, 15) is 5.26 Å². The van der Waals surface area contributed by atoms with Gasteiger partial charge in [-0.1, -0.05) is 48.9 Å². The van der Waals surface area contributed by atoms with E-state index in [-0.39, 0.29) is 10.8 Å². The fourth-order valence-corrected chi connectivity index (χ4v) is 5.99. The molecule has 0 atom stereocenters. The lowest BCUT2D eigenvalue weighted by atomic mass is 9.61. The molecule has 1 aliphatic carbocycles. The molecule has 2 fully saturated rings. The minimum Gasteiger partial charge on any atom is -0.388 e. The number of nitriles is 1. The van der Waals surface area contributed by atoms with Crippen molar-refractivity contribution in [1.82, 2.24) is 4.90 Å². The molecule has 0 unspecified atom stereocenters. The zero-order valence-electron chi connectivity index (χ0n) is 21.0. The molecule has 2 aromatic rings. The lowest BCUT2D eigenvalue weighted by Crippen LogP contribution is -2.42. The van der Waals surface area contributed by atoms with Gasteiger partial charge in [0.25, 0.3) is 0 Å². The van der Waals surface area contributed by atoms with Gasteiger partial charge in [0.2, 0.25) is 0 Å². The zero-order chi connectivity index (χ0) is 24.2. The van der Waals surface area contributed by atoms with Gasteiger partial charge < -0.3 is 10.2 Å². The molecule has 1 aliphatic heterocycles. The molecule has 0 amide bonds. The molecular weight excluding hydrogens is 414 g/mol. The van der Waals surface area contributed by atoms with Crippen LogP contribution in [0.1, 0.15) is 67.7 Å². The van der Waals surface area contributed by atoms with E-state index in [2.05, 4.69) is 72.8 Å². The summed E-state index contributed by atoms with van der Waals surface area (Å²) in [5.74, 6) is 0. The molecule has 0 radical (unpaired) electrons. The number of likely N-dealkylation sites (tertiary alicyclic amines) is 1. The largest absolute Gasteiger partial charge is 0.388 e. The van der Waals surface area contributed by atoms with Crippen molar-refractivity contribution in [2.24, 2.45) is 0 Å². The Morgan fingerprint density at radius 2 is 1.82 bits per heavy atom. The minimum atomic E-state index is -0.0711. The number of hydrogen-bond acceptors (Lipinski definition) is 3. The maximum atomic E-state index is 9.40. The second-order valence-corrected chi connectivity index (χ2v) is 10.3. The Kier molecular flexibility index (Phi) is 7.29. The highest BCUT2D eigenvalue weighted by Crippen LogP contribution is 2.48. The molecule has 1 heterocycles. The SMILES string of the molecule is C=CC1(c2cc(C#N)ccc2NC)CCN(CCCc2ccc(C3(C(=C)C)CCC3)cc2)CC1. The molecule has 0 spiro atoms.